The number of methoxy groups -OCH3 is 3. The smallest absolute Gasteiger partial charge is 0.326 e. The molecule has 0 saturated carbocycles. The van der Waals surface area contributed by atoms with E-state index < -0.39 is 35.3 Å². The van der Waals surface area contributed by atoms with Gasteiger partial charge in [-0.05, 0) is 55.7 Å². The molecule has 10 heteroatoms. The van der Waals surface area contributed by atoms with Crippen molar-refractivity contribution in [3.63, 3.8) is 0 Å². The summed E-state index contributed by atoms with van der Waals surface area (Å²) in [6, 6.07) is 11.4. The fraction of sp³-hybridized carbons (Fsp3) is 0.444. The molecule has 4 atom stereocenters. The number of esters is 1. The molecule has 0 radical (unpaired) electrons. The van der Waals surface area contributed by atoms with E-state index in [1.165, 1.54) is 19.1 Å². The van der Waals surface area contributed by atoms with Gasteiger partial charge < -0.3 is 18.9 Å². The third-order valence-corrected chi connectivity index (χ3v) is 7.70. The number of carbonyl (C=O) groups excluding carboxylic acids is 3. The maximum absolute atomic E-state index is 14.0. The van der Waals surface area contributed by atoms with Crippen LogP contribution < -0.4 is 24.4 Å². The molecule has 0 unspecified atom stereocenters. The molecule has 2 heterocycles. The summed E-state index contributed by atoms with van der Waals surface area (Å²) in [5, 5.41) is 3.38. The number of carbonyl (C=O) groups is 3. The van der Waals surface area contributed by atoms with Gasteiger partial charge in [-0.25, -0.2) is 4.90 Å². The topological polar surface area (TPSA) is 103 Å². The second-order valence-electron chi connectivity index (χ2n) is 8.88. The SMILES string of the molecule is CCOc1ccc(N2C(=O)[C@@H]3[C@H](c4ccc(OC)cc4OC)N[C@@](CCSC)(C(=O)OC)[C@H]3C2=O)cc1. The fourth-order valence-corrected chi connectivity index (χ4v) is 5.95. The second kappa shape index (κ2) is 11.0. The van der Waals surface area contributed by atoms with Crippen molar-refractivity contribution < 1.29 is 33.3 Å². The van der Waals surface area contributed by atoms with E-state index in [0.717, 1.165) is 0 Å². The lowest BCUT2D eigenvalue weighted by Crippen LogP contribution is -2.56. The number of hydrogen-bond acceptors (Lipinski definition) is 9. The second-order valence-corrected chi connectivity index (χ2v) is 9.86. The van der Waals surface area contributed by atoms with Crippen molar-refractivity contribution in [1.82, 2.24) is 5.32 Å². The maximum atomic E-state index is 14.0. The number of hydrogen-bond donors (Lipinski definition) is 1. The average Bonchev–Trinajstić information content (AvgIpc) is 3.40. The first-order valence-electron chi connectivity index (χ1n) is 12.0. The highest BCUT2D eigenvalue weighted by atomic mass is 32.2. The fourth-order valence-electron chi connectivity index (χ4n) is 5.42. The zero-order chi connectivity index (χ0) is 26.7. The van der Waals surface area contributed by atoms with E-state index in [0.29, 0.717) is 47.3 Å². The summed E-state index contributed by atoms with van der Waals surface area (Å²) in [5.74, 6) is -0.897. The van der Waals surface area contributed by atoms with Crippen molar-refractivity contribution in [3.05, 3.63) is 48.0 Å². The molecule has 0 aromatic heterocycles. The van der Waals surface area contributed by atoms with Gasteiger partial charge in [0.1, 0.15) is 22.8 Å². The Bertz CT molecular complexity index is 1170. The van der Waals surface area contributed by atoms with Crippen LogP contribution in [0.25, 0.3) is 0 Å². The molecule has 198 valence electrons. The standard InChI is InChI=1S/C27H32N2O7S/c1-6-36-17-9-7-16(8-10-17)29-24(30)21-22(25(29)31)27(13-14-37-5,26(32)35-4)28-23(21)19-12-11-18(33-2)15-20(19)34-3/h7-12,15,21-23,28H,6,13-14H2,1-5H3/t21-,22+,23-,27+/m0/s1. The van der Waals surface area contributed by atoms with E-state index in [1.807, 2.05) is 13.2 Å². The Morgan fingerprint density at radius 2 is 1.73 bits per heavy atom. The van der Waals surface area contributed by atoms with E-state index >= 15 is 0 Å². The monoisotopic (exact) mass is 528 g/mol. The van der Waals surface area contributed by atoms with Crippen molar-refractivity contribution in [3.8, 4) is 17.2 Å². The zero-order valence-electron chi connectivity index (χ0n) is 21.6. The summed E-state index contributed by atoms with van der Waals surface area (Å²) >= 11 is 1.55. The van der Waals surface area contributed by atoms with E-state index in [4.69, 9.17) is 18.9 Å². The van der Waals surface area contributed by atoms with Gasteiger partial charge in [0, 0.05) is 17.7 Å². The van der Waals surface area contributed by atoms with Crippen LogP contribution in [0.2, 0.25) is 0 Å². The Labute approximate surface area is 220 Å². The number of nitrogens with one attached hydrogen (secondary N) is 1. The Balaban J connectivity index is 1.85. The molecule has 2 aromatic rings. The van der Waals surface area contributed by atoms with Crippen LogP contribution in [0.3, 0.4) is 0 Å². The van der Waals surface area contributed by atoms with Crippen LogP contribution in [0.5, 0.6) is 17.2 Å². The third-order valence-electron chi connectivity index (χ3n) is 7.09. The van der Waals surface area contributed by atoms with E-state index in [-0.39, 0.29) is 5.91 Å². The van der Waals surface area contributed by atoms with Crippen LogP contribution in [0.4, 0.5) is 5.69 Å². The normalized spacial score (nSPS) is 24.7. The molecule has 2 aliphatic heterocycles. The number of benzene rings is 2. The van der Waals surface area contributed by atoms with Crippen molar-refractivity contribution in [2.75, 3.05) is 44.8 Å². The highest BCUT2D eigenvalue weighted by Gasteiger charge is 2.69. The zero-order valence-corrected chi connectivity index (χ0v) is 22.4. The number of rotatable bonds is 10. The molecule has 0 spiro atoms. The highest BCUT2D eigenvalue weighted by Crippen LogP contribution is 2.53. The quantitative estimate of drug-likeness (QED) is 0.368. The minimum Gasteiger partial charge on any atom is -0.497 e. The van der Waals surface area contributed by atoms with E-state index in [9.17, 15) is 14.4 Å². The number of fused-ring (bicyclic) bond motifs is 1. The summed E-state index contributed by atoms with van der Waals surface area (Å²) in [6.45, 7) is 2.38. The minimum atomic E-state index is -1.38. The first kappa shape index (κ1) is 26.8. The lowest BCUT2D eigenvalue weighted by atomic mass is 9.77. The molecular weight excluding hydrogens is 496 g/mol. The molecule has 4 rings (SSSR count). The average molecular weight is 529 g/mol. The van der Waals surface area contributed by atoms with Crippen molar-refractivity contribution in [1.29, 1.82) is 0 Å². The highest BCUT2D eigenvalue weighted by molar-refractivity contribution is 7.98. The third kappa shape index (κ3) is 4.53. The molecule has 1 N–H and O–H groups in total. The first-order chi connectivity index (χ1) is 17.9. The van der Waals surface area contributed by atoms with Gasteiger partial charge in [-0.3, -0.25) is 19.7 Å². The van der Waals surface area contributed by atoms with E-state index in [2.05, 4.69) is 5.32 Å². The molecular formula is C27H32N2O7S. The number of nitrogens with zero attached hydrogens (tertiary/aromatic N) is 1. The van der Waals surface area contributed by atoms with Gasteiger partial charge in [-0.15, -0.1) is 0 Å². The molecule has 2 aromatic carbocycles. The van der Waals surface area contributed by atoms with Crippen LogP contribution in [-0.4, -0.2) is 63.3 Å². The van der Waals surface area contributed by atoms with Gasteiger partial charge in [0.15, 0.2) is 0 Å². The number of imide groups is 1. The van der Waals surface area contributed by atoms with Crippen LogP contribution >= 0.6 is 11.8 Å². The number of amides is 2. The lowest BCUT2D eigenvalue weighted by molar-refractivity contribution is -0.152. The molecule has 37 heavy (non-hydrogen) atoms. The molecule has 0 bridgehead atoms. The number of thioether (sulfide) groups is 1. The molecule has 2 amide bonds. The van der Waals surface area contributed by atoms with Crippen LogP contribution in [0.1, 0.15) is 24.9 Å². The van der Waals surface area contributed by atoms with Crippen LogP contribution in [-0.2, 0) is 19.1 Å². The lowest BCUT2D eigenvalue weighted by Gasteiger charge is -2.32. The predicted molar refractivity (Wildman–Crippen MR) is 140 cm³/mol. The first-order valence-corrected chi connectivity index (χ1v) is 13.4. The predicted octanol–water partition coefficient (Wildman–Crippen LogP) is 3.22. The molecule has 0 aliphatic carbocycles. The summed E-state index contributed by atoms with van der Waals surface area (Å²) < 4.78 is 21.7. The Kier molecular flexibility index (Phi) is 7.99. The Hall–Kier alpha value is -3.24. The van der Waals surface area contributed by atoms with Gasteiger partial charge in [-0.2, -0.15) is 11.8 Å². The van der Waals surface area contributed by atoms with Crippen molar-refractivity contribution >= 4 is 35.2 Å². The number of anilines is 1. The summed E-state index contributed by atoms with van der Waals surface area (Å²) in [6.07, 6.45) is 2.24. The van der Waals surface area contributed by atoms with Crippen molar-refractivity contribution in [2.45, 2.75) is 24.9 Å². The van der Waals surface area contributed by atoms with Crippen LogP contribution in [0.15, 0.2) is 42.5 Å². The van der Waals surface area contributed by atoms with Crippen molar-refractivity contribution in [2.24, 2.45) is 11.8 Å². The van der Waals surface area contributed by atoms with Gasteiger partial charge >= 0.3 is 5.97 Å². The Morgan fingerprint density at radius 3 is 2.32 bits per heavy atom. The van der Waals surface area contributed by atoms with E-state index in [1.54, 1.807) is 61.3 Å². The van der Waals surface area contributed by atoms with Gasteiger partial charge in [0.05, 0.1) is 45.5 Å². The summed E-state index contributed by atoms with van der Waals surface area (Å²) in [4.78, 5) is 42.6. The Morgan fingerprint density at radius 1 is 1.03 bits per heavy atom. The van der Waals surface area contributed by atoms with Crippen LogP contribution in [0, 0.1) is 11.8 Å². The number of ether oxygens (including phenoxy) is 4. The summed E-state index contributed by atoms with van der Waals surface area (Å²) in [5.41, 5.74) is -0.301. The largest absolute Gasteiger partial charge is 0.497 e. The van der Waals surface area contributed by atoms with Gasteiger partial charge in [0.25, 0.3) is 0 Å². The molecule has 2 aliphatic rings. The minimum absolute atomic E-state index is 0.313. The van der Waals surface area contributed by atoms with Gasteiger partial charge in [-0.1, -0.05) is 6.07 Å². The molecule has 2 fully saturated rings. The summed E-state index contributed by atoms with van der Waals surface area (Å²) in [7, 11) is 4.38. The molecule has 2 saturated heterocycles. The van der Waals surface area contributed by atoms with Gasteiger partial charge in [0.2, 0.25) is 11.8 Å². The maximum Gasteiger partial charge on any atom is 0.326 e. The molecule has 9 nitrogen and oxygen atoms in total.